The molecule has 2 aromatic heterocycles. The Balaban J connectivity index is 1.48. The monoisotopic (exact) mass is 483 g/mol. The Kier molecular flexibility index (Phi) is 6.70. The van der Waals surface area contributed by atoms with Crippen molar-refractivity contribution in [2.24, 2.45) is 5.92 Å². The van der Waals surface area contributed by atoms with Crippen molar-refractivity contribution >= 4 is 16.8 Å². The highest BCUT2D eigenvalue weighted by atomic mass is 19.1. The van der Waals surface area contributed by atoms with Gasteiger partial charge in [-0.05, 0) is 67.6 Å². The molecule has 6 nitrogen and oxygen atoms in total. The van der Waals surface area contributed by atoms with Crippen LogP contribution in [0.1, 0.15) is 51.9 Å². The highest BCUT2D eigenvalue weighted by Gasteiger charge is 2.24. The molecule has 1 amide bonds. The lowest BCUT2D eigenvalue weighted by molar-refractivity contribution is 0.0807. The minimum Gasteiger partial charge on any atom is -0.508 e. The Bertz CT molecular complexity index is 1450. The number of rotatable bonds is 4. The number of pyridine rings is 1. The first-order chi connectivity index (χ1) is 17.5. The molecule has 4 aromatic rings. The zero-order chi connectivity index (χ0) is 25.1. The minimum atomic E-state index is -0.834. The van der Waals surface area contributed by atoms with Crippen molar-refractivity contribution < 1.29 is 19.0 Å². The van der Waals surface area contributed by atoms with Crippen molar-refractivity contribution in [3.63, 3.8) is 0 Å². The van der Waals surface area contributed by atoms with Crippen LogP contribution in [0.25, 0.3) is 10.9 Å². The summed E-state index contributed by atoms with van der Waals surface area (Å²) in [5, 5.41) is 14.4. The van der Waals surface area contributed by atoms with Crippen LogP contribution in [0, 0.1) is 30.5 Å². The Hall–Kier alpha value is -4.15. The van der Waals surface area contributed by atoms with Gasteiger partial charge in [-0.25, -0.2) is 9.37 Å². The number of aryl methyl sites for hydroxylation is 1. The normalized spacial score (nSPS) is 14.7. The first-order valence-corrected chi connectivity index (χ1v) is 11.9. The third kappa shape index (κ3) is 5.24. The maximum atomic E-state index is 14.2. The SMILES string of the molecule is Cc1cc(C#CC2CCOCC2)cc(C(=O)N[C@H](c2cc3ccccc3[nH]2)c2cc(F)ccc2O)n1. The summed E-state index contributed by atoms with van der Waals surface area (Å²) in [6.45, 7) is 3.23. The summed E-state index contributed by atoms with van der Waals surface area (Å²) in [6, 6.07) is 15.9. The molecular weight excluding hydrogens is 457 g/mol. The van der Waals surface area contributed by atoms with Gasteiger partial charge in [0.15, 0.2) is 0 Å². The van der Waals surface area contributed by atoms with Gasteiger partial charge in [0.1, 0.15) is 17.3 Å². The van der Waals surface area contributed by atoms with Gasteiger partial charge in [0.25, 0.3) is 5.91 Å². The van der Waals surface area contributed by atoms with E-state index in [4.69, 9.17) is 4.74 Å². The van der Waals surface area contributed by atoms with Crippen molar-refractivity contribution in [3.8, 4) is 17.6 Å². The van der Waals surface area contributed by atoms with Crippen molar-refractivity contribution in [3.05, 3.63) is 94.7 Å². The quantitative estimate of drug-likeness (QED) is 0.356. The second kappa shape index (κ2) is 10.2. The number of amides is 1. The topological polar surface area (TPSA) is 87.2 Å². The molecule has 0 unspecified atom stereocenters. The van der Waals surface area contributed by atoms with Gasteiger partial charge in [0.05, 0.1) is 6.04 Å². The summed E-state index contributed by atoms with van der Waals surface area (Å²) in [6.07, 6.45) is 1.79. The zero-order valence-corrected chi connectivity index (χ0v) is 19.8. The lowest BCUT2D eigenvalue weighted by atomic mass is 10.0. The molecule has 3 N–H and O–H groups in total. The standard InChI is InChI=1S/C29H26FN3O3/c1-18-14-20(7-6-19-10-12-36-13-11-19)15-26(31-18)29(35)33-28(23-17-22(30)8-9-27(23)34)25-16-21-4-2-3-5-24(21)32-25/h2-5,8-9,14-17,19,28,32,34H,10-13H2,1H3,(H,33,35)/t28-/m0/s1. The highest BCUT2D eigenvalue weighted by Crippen LogP contribution is 2.31. The lowest BCUT2D eigenvalue weighted by Crippen LogP contribution is -2.30. The minimum absolute atomic E-state index is 0.124. The summed E-state index contributed by atoms with van der Waals surface area (Å²) in [5.41, 5.74) is 3.27. The number of hydrogen-bond donors (Lipinski definition) is 3. The average Bonchev–Trinajstić information content (AvgIpc) is 3.32. The number of nitrogens with zero attached hydrogens (tertiary/aromatic N) is 1. The van der Waals surface area contributed by atoms with Crippen molar-refractivity contribution in [1.29, 1.82) is 0 Å². The molecule has 1 atom stereocenters. The number of phenols is 1. The van der Waals surface area contributed by atoms with E-state index in [9.17, 15) is 14.3 Å². The van der Waals surface area contributed by atoms with Crippen LogP contribution < -0.4 is 5.32 Å². The summed E-state index contributed by atoms with van der Waals surface area (Å²) in [4.78, 5) is 21.1. The molecule has 1 fully saturated rings. The second-order valence-corrected chi connectivity index (χ2v) is 8.96. The van der Waals surface area contributed by atoms with Crippen molar-refractivity contribution in [2.45, 2.75) is 25.8 Å². The van der Waals surface area contributed by atoms with Gasteiger partial charge in [0, 0.05) is 47.2 Å². The molecule has 36 heavy (non-hydrogen) atoms. The van der Waals surface area contributed by atoms with Gasteiger partial charge in [-0.2, -0.15) is 0 Å². The fraction of sp³-hybridized carbons (Fsp3) is 0.241. The van der Waals surface area contributed by atoms with Crippen LogP contribution in [0.4, 0.5) is 4.39 Å². The van der Waals surface area contributed by atoms with E-state index in [0.717, 1.165) is 23.7 Å². The van der Waals surface area contributed by atoms with E-state index >= 15 is 0 Å². The van der Waals surface area contributed by atoms with Crippen LogP contribution in [0.5, 0.6) is 5.75 Å². The van der Waals surface area contributed by atoms with E-state index in [1.807, 2.05) is 43.3 Å². The van der Waals surface area contributed by atoms with Crippen LogP contribution in [-0.4, -0.2) is 34.2 Å². The number of para-hydroxylation sites is 1. The van der Waals surface area contributed by atoms with E-state index in [0.29, 0.717) is 30.2 Å². The summed E-state index contributed by atoms with van der Waals surface area (Å²) >= 11 is 0. The third-order valence-electron chi connectivity index (χ3n) is 6.27. The van der Waals surface area contributed by atoms with E-state index in [2.05, 4.69) is 27.1 Å². The summed E-state index contributed by atoms with van der Waals surface area (Å²) in [5.74, 6) is 5.63. The first-order valence-electron chi connectivity index (χ1n) is 11.9. The van der Waals surface area contributed by atoms with Gasteiger partial charge < -0.3 is 20.1 Å². The molecule has 7 heteroatoms. The number of phenolic OH excluding ortho intramolecular Hbond substituents is 1. The zero-order valence-electron chi connectivity index (χ0n) is 19.8. The molecule has 0 spiro atoms. The van der Waals surface area contributed by atoms with Crippen LogP contribution in [0.3, 0.4) is 0 Å². The molecule has 1 aliphatic heterocycles. The molecule has 0 radical (unpaired) electrons. The number of halogens is 1. The number of benzene rings is 2. The fourth-order valence-corrected chi connectivity index (χ4v) is 4.42. The molecule has 0 bridgehead atoms. The molecule has 0 aliphatic carbocycles. The number of carbonyl (C=O) groups excluding carboxylic acids is 1. The Labute approximate surface area is 208 Å². The fourth-order valence-electron chi connectivity index (χ4n) is 4.42. The van der Waals surface area contributed by atoms with Gasteiger partial charge in [-0.3, -0.25) is 4.79 Å². The van der Waals surface area contributed by atoms with Crippen LogP contribution in [0.15, 0.2) is 60.7 Å². The van der Waals surface area contributed by atoms with E-state index in [-0.39, 0.29) is 22.9 Å². The molecule has 1 saturated heterocycles. The predicted octanol–water partition coefficient (Wildman–Crippen LogP) is 5.01. The van der Waals surface area contributed by atoms with E-state index in [1.54, 1.807) is 6.07 Å². The smallest absolute Gasteiger partial charge is 0.270 e. The number of nitrogens with one attached hydrogen (secondary N) is 2. The first kappa shape index (κ1) is 23.6. The molecular formula is C29H26FN3O3. The highest BCUT2D eigenvalue weighted by molar-refractivity contribution is 5.93. The van der Waals surface area contributed by atoms with Crippen LogP contribution >= 0.6 is 0 Å². The molecule has 1 aliphatic rings. The summed E-state index contributed by atoms with van der Waals surface area (Å²) < 4.78 is 19.6. The maximum Gasteiger partial charge on any atom is 0.270 e. The second-order valence-electron chi connectivity index (χ2n) is 8.96. The van der Waals surface area contributed by atoms with Crippen molar-refractivity contribution in [2.75, 3.05) is 13.2 Å². The van der Waals surface area contributed by atoms with E-state index < -0.39 is 17.8 Å². The van der Waals surface area contributed by atoms with Gasteiger partial charge in [-0.15, -0.1) is 0 Å². The molecule has 0 saturated carbocycles. The number of aromatic amines is 1. The maximum absolute atomic E-state index is 14.2. The van der Waals surface area contributed by atoms with Crippen molar-refractivity contribution in [1.82, 2.24) is 15.3 Å². The number of ether oxygens (including phenoxy) is 1. The Morgan fingerprint density at radius 2 is 1.97 bits per heavy atom. The third-order valence-corrected chi connectivity index (χ3v) is 6.27. The van der Waals surface area contributed by atoms with Gasteiger partial charge in [0.2, 0.25) is 0 Å². The Morgan fingerprint density at radius 1 is 1.17 bits per heavy atom. The van der Waals surface area contributed by atoms with Gasteiger partial charge in [-0.1, -0.05) is 30.0 Å². The Morgan fingerprint density at radius 3 is 2.78 bits per heavy atom. The summed E-state index contributed by atoms with van der Waals surface area (Å²) in [7, 11) is 0. The average molecular weight is 484 g/mol. The molecule has 2 aromatic carbocycles. The number of aromatic hydroxyl groups is 1. The number of hydrogen-bond acceptors (Lipinski definition) is 4. The van der Waals surface area contributed by atoms with Crippen LogP contribution in [-0.2, 0) is 4.74 Å². The predicted molar refractivity (Wildman–Crippen MR) is 135 cm³/mol. The lowest BCUT2D eigenvalue weighted by Gasteiger charge is -2.19. The molecule has 182 valence electrons. The number of aromatic nitrogens is 2. The van der Waals surface area contributed by atoms with Crippen LogP contribution in [0.2, 0.25) is 0 Å². The number of carbonyl (C=O) groups is 1. The number of H-pyrrole nitrogens is 1. The number of fused-ring (bicyclic) bond motifs is 1. The largest absolute Gasteiger partial charge is 0.508 e. The van der Waals surface area contributed by atoms with E-state index in [1.165, 1.54) is 18.2 Å². The molecule has 3 heterocycles. The van der Waals surface area contributed by atoms with Gasteiger partial charge >= 0.3 is 0 Å². The molecule has 5 rings (SSSR count).